The lowest BCUT2D eigenvalue weighted by Crippen LogP contribution is -2.25. The highest BCUT2D eigenvalue weighted by Gasteiger charge is 2.24. The average molecular weight is 492 g/mol. The van der Waals surface area contributed by atoms with Crippen LogP contribution >= 0.6 is 11.3 Å². The van der Waals surface area contributed by atoms with Gasteiger partial charge in [-0.2, -0.15) is 9.78 Å². The van der Waals surface area contributed by atoms with Gasteiger partial charge in [-0.3, -0.25) is 9.59 Å². The van der Waals surface area contributed by atoms with E-state index in [9.17, 15) is 14.4 Å². The molecule has 1 amide bonds. The number of hydrogen-bond donors (Lipinski definition) is 1. The summed E-state index contributed by atoms with van der Waals surface area (Å²) in [4.78, 5) is 39.3. The number of esters is 1. The van der Waals surface area contributed by atoms with Crippen LogP contribution in [0.3, 0.4) is 0 Å². The summed E-state index contributed by atoms with van der Waals surface area (Å²) in [5.41, 5.74) is 1.47. The van der Waals surface area contributed by atoms with Crippen LogP contribution in [0.2, 0.25) is 0 Å². The van der Waals surface area contributed by atoms with Gasteiger partial charge in [0.15, 0.2) is 5.69 Å². The van der Waals surface area contributed by atoms with E-state index in [1.807, 2.05) is 12.1 Å². The van der Waals surface area contributed by atoms with Crippen molar-refractivity contribution in [1.82, 2.24) is 9.78 Å². The zero-order valence-electron chi connectivity index (χ0n) is 19.8. The number of thiophene rings is 1. The van der Waals surface area contributed by atoms with Gasteiger partial charge in [0.1, 0.15) is 10.8 Å². The minimum Gasteiger partial charge on any atom is -0.496 e. The summed E-state index contributed by atoms with van der Waals surface area (Å²) in [6, 6.07) is 14.2. The number of para-hydroxylation sites is 1. The molecule has 0 fully saturated rings. The number of methoxy groups -OCH3 is 1. The minimum absolute atomic E-state index is 0.00317. The third-order valence-corrected chi connectivity index (χ3v) is 6.40. The Morgan fingerprint density at radius 2 is 1.83 bits per heavy atom. The van der Waals surface area contributed by atoms with Crippen LogP contribution in [0.25, 0.3) is 16.5 Å². The highest BCUT2D eigenvalue weighted by molar-refractivity contribution is 7.16. The van der Waals surface area contributed by atoms with E-state index in [2.05, 4.69) is 24.3 Å². The lowest BCUT2D eigenvalue weighted by atomic mass is 10.0. The van der Waals surface area contributed by atoms with Crippen LogP contribution in [-0.4, -0.2) is 35.4 Å². The smallest absolute Gasteiger partial charge is 0.359 e. The van der Waals surface area contributed by atoms with Gasteiger partial charge in [-0.15, -0.1) is 11.3 Å². The molecular weight excluding hydrogens is 466 g/mol. The van der Waals surface area contributed by atoms with Gasteiger partial charge in [-0.1, -0.05) is 38.1 Å². The number of aromatic nitrogens is 2. The monoisotopic (exact) mass is 491 g/mol. The molecule has 0 saturated carbocycles. The lowest BCUT2D eigenvalue weighted by Gasteiger charge is -2.12. The Balaban J connectivity index is 1.87. The topological polar surface area (TPSA) is 99.5 Å². The first kappa shape index (κ1) is 24.2. The molecule has 9 heteroatoms. The predicted molar refractivity (Wildman–Crippen MR) is 136 cm³/mol. The largest absolute Gasteiger partial charge is 0.496 e. The second-order valence-corrected chi connectivity index (χ2v) is 8.92. The molecule has 0 aliphatic rings. The van der Waals surface area contributed by atoms with Crippen LogP contribution in [0.5, 0.6) is 5.75 Å². The lowest BCUT2D eigenvalue weighted by molar-refractivity contribution is 0.0520. The Morgan fingerprint density at radius 1 is 1.11 bits per heavy atom. The second kappa shape index (κ2) is 10.1. The third-order valence-electron chi connectivity index (χ3n) is 5.50. The van der Waals surface area contributed by atoms with Crippen molar-refractivity contribution in [2.75, 3.05) is 19.0 Å². The maximum absolute atomic E-state index is 13.6. The number of benzene rings is 2. The molecule has 8 nitrogen and oxygen atoms in total. The maximum Gasteiger partial charge on any atom is 0.359 e. The molecule has 4 aromatic rings. The van der Waals surface area contributed by atoms with Gasteiger partial charge in [0, 0.05) is 10.8 Å². The Hall–Kier alpha value is -3.98. The standard InChI is InChI=1S/C26H25N3O5S/c1-5-34-26(32)22-19-14-35-24(27-23(30)18-8-6-7-9-20(18)33-4)21(19)25(31)29(28-22)17-12-10-16(11-13-17)15(2)3/h6-15H,5H2,1-4H3,(H,27,30). The van der Waals surface area contributed by atoms with Gasteiger partial charge < -0.3 is 14.8 Å². The van der Waals surface area contributed by atoms with Crippen LogP contribution < -0.4 is 15.6 Å². The normalized spacial score (nSPS) is 11.0. The van der Waals surface area contributed by atoms with E-state index in [0.717, 1.165) is 16.9 Å². The molecule has 2 aromatic carbocycles. The molecule has 0 atom stereocenters. The van der Waals surface area contributed by atoms with Crippen molar-refractivity contribution in [2.45, 2.75) is 26.7 Å². The van der Waals surface area contributed by atoms with E-state index in [1.165, 1.54) is 11.8 Å². The van der Waals surface area contributed by atoms with Crippen molar-refractivity contribution in [3.05, 3.63) is 81.1 Å². The van der Waals surface area contributed by atoms with Crippen molar-refractivity contribution in [2.24, 2.45) is 0 Å². The number of nitrogens with one attached hydrogen (secondary N) is 1. The van der Waals surface area contributed by atoms with Crippen molar-refractivity contribution >= 4 is 39.0 Å². The summed E-state index contributed by atoms with van der Waals surface area (Å²) in [6.45, 7) is 6.01. The number of fused-ring (bicyclic) bond motifs is 1. The number of anilines is 1. The maximum atomic E-state index is 13.6. The molecule has 0 aliphatic carbocycles. The Labute approximate surface area is 206 Å². The molecule has 35 heavy (non-hydrogen) atoms. The molecule has 0 spiro atoms. The van der Waals surface area contributed by atoms with Crippen LogP contribution in [0.1, 0.15) is 53.1 Å². The molecule has 1 N–H and O–H groups in total. The number of hydrogen-bond acceptors (Lipinski definition) is 7. The van der Waals surface area contributed by atoms with Gasteiger partial charge in [-0.05, 0) is 42.7 Å². The van der Waals surface area contributed by atoms with Crippen LogP contribution in [0, 0.1) is 0 Å². The quantitative estimate of drug-likeness (QED) is 0.365. The number of ether oxygens (including phenoxy) is 2. The number of rotatable bonds is 7. The number of amides is 1. The van der Waals surface area contributed by atoms with E-state index in [1.54, 1.807) is 48.7 Å². The van der Waals surface area contributed by atoms with E-state index in [0.29, 0.717) is 33.3 Å². The number of carbonyl (C=O) groups is 2. The van der Waals surface area contributed by atoms with Crippen LogP contribution in [0.4, 0.5) is 5.00 Å². The first-order valence-corrected chi connectivity index (χ1v) is 12.0. The summed E-state index contributed by atoms with van der Waals surface area (Å²) >= 11 is 1.14. The zero-order chi connectivity index (χ0) is 25.1. The summed E-state index contributed by atoms with van der Waals surface area (Å²) in [5.74, 6) is -0.360. The van der Waals surface area contributed by atoms with Gasteiger partial charge in [-0.25, -0.2) is 4.79 Å². The summed E-state index contributed by atoms with van der Waals surface area (Å²) < 4.78 is 11.6. The summed E-state index contributed by atoms with van der Waals surface area (Å²) in [5, 5.41) is 9.59. The number of nitrogens with zero attached hydrogens (tertiary/aromatic N) is 2. The van der Waals surface area contributed by atoms with Gasteiger partial charge in [0.2, 0.25) is 0 Å². The first-order valence-electron chi connectivity index (χ1n) is 11.1. The van der Waals surface area contributed by atoms with Crippen LogP contribution in [-0.2, 0) is 4.74 Å². The fourth-order valence-corrected chi connectivity index (χ4v) is 4.60. The van der Waals surface area contributed by atoms with Gasteiger partial charge in [0.25, 0.3) is 11.5 Å². The zero-order valence-corrected chi connectivity index (χ0v) is 20.6. The molecule has 2 aromatic heterocycles. The van der Waals surface area contributed by atoms with Gasteiger partial charge >= 0.3 is 5.97 Å². The van der Waals surface area contributed by atoms with Crippen molar-refractivity contribution in [1.29, 1.82) is 0 Å². The molecule has 0 saturated heterocycles. The average Bonchev–Trinajstić information content (AvgIpc) is 3.28. The summed E-state index contributed by atoms with van der Waals surface area (Å²) in [7, 11) is 1.48. The van der Waals surface area contributed by atoms with Gasteiger partial charge in [0.05, 0.1) is 30.4 Å². The Bertz CT molecular complexity index is 1450. The fourth-order valence-electron chi connectivity index (χ4n) is 3.67. The SMILES string of the molecule is CCOC(=O)c1nn(-c2ccc(C(C)C)cc2)c(=O)c2c(NC(=O)c3ccccc3OC)scc12. The minimum atomic E-state index is -0.648. The Kier molecular flexibility index (Phi) is 6.97. The molecule has 0 aliphatic heterocycles. The third kappa shape index (κ3) is 4.67. The molecular formula is C26H25N3O5S. The van der Waals surface area contributed by atoms with E-state index >= 15 is 0 Å². The number of carbonyl (C=O) groups excluding carboxylic acids is 2. The Morgan fingerprint density at radius 3 is 2.49 bits per heavy atom. The van der Waals surface area contributed by atoms with E-state index < -0.39 is 17.4 Å². The van der Waals surface area contributed by atoms with Crippen molar-refractivity contribution in [3.63, 3.8) is 0 Å². The highest BCUT2D eigenvalue weighted by Crippen LogP contribution is 2.32. The van der Waals surface area contributed by atoms with E-state index in [-0.39, 0.29) is 17.7 Å². The van der Waals surface area contributed by atoms with E-state index in [4.69, 9.17) is 9.47 Å². The molecule has 2 heterocycles. The van der Waals surface area contributed by atoms with Crippen LogP contribution in [0.15, 0.2) is 58.7 Å². The van der Waals surface area contributed by atoms with Crippen molar-refractivity contribution < 1.29 is 19.1 Å². The molecule has 0 unspecified atom stereocenters. The predicted octanol–water partition coefficient (Wildman–Crippen LogP) is 5.01. The molecule has 180 valence electrons. The molecule has 0 radical (unpaired) electrons. The first-order chi connectivity index (χ1) is 16.8. The molecule has 4 rings (SSSR count). The highest BCUT2D eigenvalue weighted by atomic mass is 32.1. The fraction of sp³-hybridized carbons (Fsp3) is 0.231. The molecule has 0 bridgehead atoms. The van der Waals surface area contributed by atoms with Crippen molar-refractivity contribution in [3.8, 4) is 11.4 Å². The second-order valence-electron chi connectivity index (χ2n) is 8.04. The summed E-state index contributed by atoms with van der Waals surface area (Å²) in [6.07, 6.45) is 0.